The van der Waals surface area contributed by atoms with Crippen molar-refractivity contribution in [2.45, 2.75) is 37.6 Å². The van der Waals surface area contributed by atoms with Crippen LogP contribution in [0.2, 0.25) is 0 Å². The van der Waals surface area contributed by atoms with Gasteiger partial charge in [-0.2, -0.15) is 0 Å². The molecule has 0 unspecified atom stereocenters. The number of rotatable bonds is 6. The van der Waals surface area contributed by atoms with Gasteiger partial charge in [-0.15, -0.1) is 0 Å². The summed E-state index contributed by atoms with van der Waals surface area (Å²) in [5.41, 5.74) is 0.829. The van der Waals surface area contributed by atoms with Crippen molar-refractivity contribution in [1.29, 1.82) is 0 Å². The van der Waals surface area contributed by atoms with Crippen LogP contribution in [0.15, 0.2) is 24.3 Å². The SMILES string of the molecule is COC(=O)CCCNC1CC(c2ccccc2F)C1. The minimum absolute atomic E-state index is 0.100. The summed E-state index contributed by atoms with van der Waals surface area (Å²) in [4.78, 5) is 10.9. The molecule has 1 N–H and O–H groups in total. The Hall–Kier alpha value is -1.42. The molecule has 1 saturated carbocycles. The third-order valence-corrected chi connectivity index (χ3v) is 3.70. The lowest BCUT2D eigenvalue weighted by molar-refractivity contribution is -0.140. The molecule has 0 aliphatic heterocycles. The van der Waals surface area contributed by atoms with Crippen LogP contribution in [0.1, 0.15) is 37.2 Å². The van der Waals surface area contributed by atoms with E-state index in [1.54, 1.807) is 6.07 Å². The zero-order valence-electron chi connectivity index (χ0n) is 11.2. The first-order chi connectivity index (χ1) is 9.20. The van der Waals surface area contributed by atoms with E-state index in [1.807, 2.05) is 12.1 Å². The van der Waals surface area contributed by atoms with E-state index in [0.717, 1.165) is 31.4 Å². The van der Waals surface area contributed by atoms with E-state index >= 15 is 0 Å². The summed E-state index contributed by atoms with van der Waals surface area (Å²) in [5.74, 6) is 0.0654. The number of methoxy groups -OCH3 is 1. The highest BCUT2D eigenvalue weighted by Gasteiger charge is 2.31. The molecule has 0 heterocycles. The highest BCUT2D eigenvalue weighted by molar-refractivity contribution is 5.69. The molecule has 0 saturated heterocycles. The van der Waals surface area contributed by atoms with Gasteiger partial charge in [0.2, 0.25) is 0 Å². The number of halogens is 1. The van der Waals surface area contributed by atoms with Gasteiger partial charge in [0.15, 0.2) is 0 Å². The zero-order chi connectivity index (χ0) is 13.7. The Morgan fingerprint density at radius 3 is 2.84 bits per heavy atom. The molecule has 1 aliphatic carbocycles. The molecule has 1 aromatic rings. The van der Waals surface area contributed by atoms with E-state index in [9.17, 15) is 9.18 Å². The maximum absolute atomic E-state index is 13.6. The van der Waals surface area contributed by atoms with Crippen molar-refractivity contribution in [3.8, 4) is 0 Å². The summed E-state index contributed by atoms with van der Waals surface area (Å²) in [7, 11) is 1.40. The molecule has 0 spiro atoms. The van der Waals surface area contributed by atoms with Gasteiger partial charge in [-0.25, -0.2) is 4.39 Å². The van der Waals surface area contributed by atoms with Crippen LogP contribution in [-0.2, 0) is 9.53 Å². The minimum atomic E-state index is -0.167. The number of ether oxygens (including phenoxy) is 1. The molecular weight excluding hydrogens is 245 g/mol. The monoisotopic (exact) mass is 265 g/mol. The molecule has 1 aromatic carbocycles. The van der Waals surface area contributed by atoms with Crippen LogP contribution >= 0.6 is 0 Å². The van der Waals surface area contributed by atoms with Crippen LogP contribution in [0.25, 0.3) is 0 Å². The topological polar surface area (TPSA) is 38.3 Å². The molecule has 0 bridgehead atoms. The van der Waals surface area contributed by atoms with Gasteiger partial charge in [-0.05, 0) is 43.4 Å². The van der Waals surface area contributed by atoms with Crippen LogP contribution < -0.4 is 5.32 Å². The summed E-state index contributed by atoms with van der Waals surface area (Å²) < 4.78 is 18.1. The van der Waals surface area contributed by atoms with E-state index in [0.29, 0.717) is 18.4 Å². The summed E-state index contributed by atoms with van der Waals surface area (Å²) >= 11 is 0. The molecular formula is C15H20FNO2. The van der Waals surface area contributed by atoms with Crippen LogP contribution in [0.4, 0.5) is 4.39 Å². The van der Waals surface area contributed by atoms with Gasteiger partial charge in [-0.3, -0.25) is 4.79 Å². The molecule has 0 atom stereocenters. The molecule has 1 aliphatic rings. The lowest BCUT2D eigenvalue weighted by Gasteiger charge is -2.36. The van der Waals surface area contributed by atoms with E-state index in [2.05, 4.69) is 10.1 Å². The standard InChI is InChI=1S/C15H20FNO2/c1-19-15(18)7-4-8-17-12-9-11(10-12)13-5-2-3-6-14(13)16/h2-3,5-6,11-12,17H,4,7-10H2,1H3. The lowest BCUT2D eigenvalue weighted by atomic mass is 9.75. The number of hydrogen-bond donors (Lipinski definition) is 1. The number of nitrogens with one attached hydrogen (secondary N) is 1. The van der Waals surface area contributed by atoms with Crippen LogP contribution in [-0.4, -0.2) is 25.7 Å². The first-order valence-corrected chi connectivity index (χ1v) is 6.75. The average Bonchev–Trinajstić information content (AvgIpc) is 2.37. The summed E-state index contributed by atoms with van der Waals surface area (Å²) in [5, 5.41) is 3.39. The Bertz CT molecular complexity index is 430. The molecule has 19 heavy (non-hydrogen) atoms. The van der Waals surface area contributed by atoms with Gasteiger partial charge in [0.05, 0.1) is 7.11 Å². The molecule has 104 valence electrons. The van der Waals surface area contributed by atoms with Crippen molar-refractivity contribution in [3.63, 3.8) is 0 Å². The fraction of sp³-hybridized carbons (Fsp3) is 0.533. The van der Waals surface area contributed by atoms with E-state index < -0.39 is 0 Å². The highest BCUT2D eigenvalue weighted by atomic mass is 19.1. The van der Waals surface area contributed by atoms with E-state index in [1.165, 1.54) is 13.2 Å². The molecule has 4 heteroatoms. The minimum Gasteiger partial charge on any atom is -0.469 e. The zero-order valence-corrected chi connectivity index (χ0v) is 11.2. The smallest absolute Gasteiger partial charge is 0.305 e. The number of carbonyl (C=O) groups is 1. The van der Waals surface area contributed by atoms with Crippen molar-refractivity contribution in [2.75, 3.05) is 13.7 Å². The van der Waals surface area contributed by atoms with Crippen molar-refractivity contribution in [3.05, 3.63) is 35.6 Å². The number of esters is 1. The molecule has 2 rings (SSSR count). The predicted molar refractivity (Wildman–Crippen MR) is 71.4 cm³/mol. The van der Waals surface area contributed by atoms with Crippen molar-refractivity contribution < 1.29 is 13.9 Å². The van der Waals surface area contributed by atoms with Crippen LogP contribution in [0, 0.1) is 5.82 Å². The van der Waals surface area contributed by atoms with Crippen molar-refractivity contribution >= 4 is 5.97 Å². The Labute approximate surface area is 113 Å². The number of carbonyl (C=O) groups excluding carboxylic acids is 1. The second-order valence-corrected chi connectivity index (χ2v) is 5.02. The van der Waals surface area contributed by atoms with E-state index in [4.69, 9.17) is 0 Å². The quantitative estimate of drug-likeness (QED) is 0.634. The largest absolute Gasteiger partial charge is 0.469 e. The van der Waals surface area contributed by atoms with Gasteiger partial charge in [-0.1, -0.05) is 18.2 Å². The second-order valence-electron chi connectivity index (χ2n) is 5.02. The van der Waals surface area contributed by atoms with E-state index in [-0.39, 0.29) is 11.8 Å². The van der Waals surface area contributed by atoms with Crippen LogP contribution in [0.5, 0.6) is 0 Å². The molecule has 1 fully saturated rings. The average molecular weight is 265 g/mol. The first kappa shape index (κ1) is 14.0. The highest BCUT2D eigenvalue weighted by Crippen LogP contribution is 2.37. The first-order valence-electron chi connectivity index (χ1n) is 6.75. The second kappa shape index (κ2) is 6.66. The van der Waals surface area contributed by atoms with Crippen molar-refractivity contribution in [2.24, 2.45) is 0 Å². The van der Waals surface area contributed by atoms with Gasteiger partial charge in [0.1, 0.15) is 5.82 Å². The summed E-state index contributed by atoms with van der Waals surface area (Å²) in [6, 6.07) is 7.44. The van der Waals surface area contributed by atoms with Gasteiger partial charge < -0.3 is 10.1 Å². The number of hydrogen-bond acceptors (Lipinski definition) is 3. The maximum Gasteiger partial charge on any atom is 0.305 e. The molecule has 3 nitrogen and oxygen atoms in total. The third kappa shape index (κ3) is 3.77. The van der Waals surface area contributed by atoms with Gasteiger partial charge in [0, 0.05) is 12.5 Å². The summed E-state index contributed by atoms with van der Waals surface area (Å²) in [6.07, 6.45) is 3.18. The normalized spacial score (nSPS) is 21.8. The molecule has 0 aromatic heterocycles. The van der Waals surface area contributed by atoms with Gasteiger partial charge >= 0.3 is 5.97 Å². The Kier molecular flexibility index (Phi) is 4.91. The Balaban J connectivity index is 1.64. The Morgan fingerprint density at radius 2 is 2.16 bits per heavy atom. The fourth-order valence-electron chi connectivity index (χ4n) is 2.49. The molecule has 0 radical (unpaired) electrons. The fourth-order valence-corrected chi connectivity index (χ4v) is 2.49. The lowest BCUT2D eigenvalue weighted by Crippen LogP contribution is -2.40. The Morgan fingerprint density at radius 1 is 1.42 bits per heavy atom. The number of benzene rings is 1. The van der Waals surface area contributed by atoms with Crippen molar-refractivity contribution in [1.82, 2.24) is 5.32 Å². The third-order valence-electron chi connectivity index (χ3n) is 3.70. The summed E-state index contributed by atoms with van der Waals surface area (Å²) in [6.45, 7) is 0.809. The predicted octanol–water partition coefficient (Wildman–Crippen LogP) is 2.61. The van der Waals surface area contributed by atoms with Gasteiger partial charge in [0.25, 0.3) is 0 Å². The maximum atomic E-state index is 13.6. The van der Waals surface area contributed by atoms with Crippen LogP contribution in [0.3, 0.4) is 0 Å². The molecule has 0 amide bonds.